The van der Waals surface area contributed by atoms with E-state index in [0.717, 1.165) is 22.7 Å². The molecule has 1 heterocycles. The molecule has 2 nitrogen and oxygen atoms in total. The number of benzene rings is 22. The summed E-state index contributed by atoms with van der Waals surface area (Å²) in [7, 11) is 0. The van der Waals surface area contributed by atoms with E-state index in [-0.39, 0.29) is 0 Å². The lowest BCUT2D eigenvalue weighted by Crippen LogP contribution is -2.43. The van der Waals surface area contributed by atoms with Gasteiger partial charge in [0.1, 0.15) is 0 Å². The predicted molar refractivity (Wildman–Crippen MR) is 571 cm³/mol. The second kappa shape index (κ2) is 31.0. The van der Waals surface area contributed by atoms with E-state index in [0.29, 0.717) is 0 Å². The van der Waals surface area contributed by atoms with Gasteiger partial charge in [0.15, 0.2) is 0 Å². The molecule has 0 N–H and O–H groups in total. The molecule has 2 heteroatoms. The van der Waals surface area contributed by atoms with Gasteiger partial charge in [-0.25, -0.2) is 0 Å². The molecule has 0 bridgehead atoms. The van der Waals surface area contributed by atoms with Gasteiger partial charge in [0.05, 0.1) is 32.7 Å². The highest BCUT2D eigenvalue weighted by atomic mass is 15.1. The summed E-state index contributed by atoms with van der Waals surface area (Å²) >= 11 is 0. The highest BCUT2D eigenvalue weighted by molar-refractivity contribution is 6.13. The van der Waals surface area contributed by atoms with Crippen LogP contribution in [0.25, 0.3) is 139 Å². The van der Waals surface area contributed by atoms with Crippen LogP contribution in [-0.2, 0) is 21.7 Å². The van der Waals surface area contributed by atoms with Crippen molar-refractivity contribution in [3.8, 4) is 117 Å². The molecule has 0 unspecified atom stereocenters. The Morgan fingerprint density at radius 3 is 0.703 bits per heavy atom. The van der Waals surface area contributed by atoms with E-state index in [1.807, 2.05) is 0 Å². The average Bonchev–Trinajstić information content (AvgIpc) is 1.46. The minimum atomic E-state index is -0.554. The van der Waals surface area contributed by atoms with Gasteiger partial charge >= 0.3 is 0 Å². The van der Waals surface area contributed by atoms with Crippen LogP contribution in [0.15, 0.2) is 534 Å². The van der Waals surface area contributed by atoms with Crippen molar-refractivity contribution in [1.29, 1.82) is 0 Å². The van der Waals surface area contributed by atoms with E-state index < -0.39 is 21.7 Å². The van der Waals surface area contributed by atoms with Crippen molar-refractivity contribution in [3.63, 3.8) is 0 Å². The summed E-state index contributed by atoms with van der Waals surface area (Å²) < 4.78 is 2.46. The standard InChI is InChI=1S/C68H43N.C68H45N/c1-3-19-44(20-4-1)46-23-17-24-49(41-46)69-64-39-37-47(45-21-5-2-6-22-45)42-54(64)55-43-48(38-40-65(55)69)50-28-18-36-63-66(50)53-27-9-12-31-58(53)68(63)61-34-15-13-32-59(61)67(60-33-14-16-35-62(60)68)56-29-10-7-25-51(56)52-26-8-11-30-57(52)67;1-3-18-46(19-4-1)48-34-40-51(41-35-48)69(52-42-36-49(37-43-52)47-20-5-2-6-21-47)53-44-38-50(39-45-53)54-25-17-33-65-66(54)57-24-9-12-28-60(57)68(65)63-31-15-13-29-61(63)67(62-30-14-16-32-64(62)68)58-26-10-7-22-55(58)56-23-8-11-27-59(56)67/h1-43H;1-45H. The molecule has 0 atom stereocenters. The molecule has 23 aromatic rings. The minimum absolute atomic E-state index is 0.466. The van der Waals surface area contributed by atoms with E-state index in [4.69, 9.17) is 0 Å². The van der Waals surface area contributed by atoms with Crippen molar-refractivity contribution < 1.29 is 0 Å². The van der Waals surface area contributed by atoms with Crippen LogP contribution >= 0.6 is 0 Å². The first kappa shape index (κ1) is 79.0. The summed E-state index contributed by atoms with van der Waals surface area (Å²) in [6.45, 7) is 0. The molecule has 0 saturated carbocycles. The lowest BCUT2D eigenvalue weighted by molar-refractivity contribution is 0.633. The summed E-state index contributed by atoms with van der Waals surface area (Å²) in [5, 5.41) is 2.47. The molecular weight excluding hydrogens is 1660 g/mol. The third-order valence-corrected chi connectivity index (χ3v) is 31.3. The van der Waals surface area contributed by atoms with E-state index in [1.54, 1.807) is 0 Å². The van der Waals surface area contributed by atoms with Gasteiger partial charge in [-0.05, 0) is 273 Å². The van der Waals surface area contributed by atoms with Gasteiger partial charge < -0.3 is 9.47 Å². The first-order chi connectivity index (χ1) is 68.5. The molecule has 4 spiro atoms. The lowest BCUT2D eigenvalue weighted by Gasteiger charge is -2.48. The summed E-state index contributed by atoms with van der Waals surface area (Å²) in [4.78, 5) is 2.37. The van der Waals surface area contributed by atoms with Crippen molar-refractivity contribution in [3.05, 3.63) is 623 Å². The Labute approximate surface area is 804 Å². The summed E-state index contributed by atoms with van der Waals surface area (Å²) in [5.74, 6) is 0. The maximum Gasteiger partial charge on any atom is 0.0720 e. The smallest absolute Gasteiger partial charge is 0.0720 e. The maximum absolute atomic E-state index is 2.47. The van der Waals surface area contributed by atoms with E-state index in [2.05, 4.69) is 543 Å². The zero-order chi connectivity index (χ0) is 90.8. The Bertz CT molecular complexity index is 8590. The van der Waals surface area contributed by atoms with E-state index in [9.17, 15) is 0 Å². The SMILES string of the molecule is c1ccc(-c2ccc(N(c3ccc(-c4ccccc4)cc3)c3ccc(-c4cccc5c4-c4ccccc4C54c5ccccc5C5(c6ccccc6-c6ccccc65)c5ccccc54)cc3)cc2)cc1.c1ccc(-c2cccc(-n3c4ccc(-c5ccccc5)cc4c4cc(-c5cccc6c5-c5ccccc5C65c6ccccc6C6(c7ccccc7-c7ccccc76)c6ccccc65)ccc43)c2)cc1. The van der Waals surface area contributed by atoms with Crippen LogP contribution in [-0.4, -0.2) is 4.57 Å². The molecule has 0 fully saturated rings. The van der Waals surface area contributed by atoms with Crippen LogP contribution < -0.4 is 4.90 Å². The minimum Gasteiger partial charge on any atom is -0.311 e. The number of aromatic nitrogens is 1. The van der Waals surface area contributed by atoms with Gasteiger partial charge in [-0.1, -0.05) is 461 Å². The van der Waals surface area contributed by atoms with Crippen LogP contribution in [0, 0.1) is 0 Å². The van der Waals surface area contributed by atoms with E-state index in [1.165, 1.54) is 222 Å². The van der Waals surface area contributed by atoms with Crippen molar-refractivity contribution in [1.82, 2.24) is 4.57 Å². The van der Waals surface area contributed by atoms with Crippen molar-refractivity contribution in [2.24, 2.45) is 0 Å². The molecule has 1 aromatic heterocycles. The van der Waals surface area contributed by atoms with Gasteiger partial charge in [-0.2, -0.15) is 0 Å². The van der Waals surface area contributed by atoms with Crippen molar-refractivity contribution in [2.75, 3.05) is 4.90 Å². The molecule has 0 saturated heterocycles. The lowest BCUT2D eigenvalue weighted by atomic mass is 9.52. The molecule has 0 amide bonds. The number of fused-ring (bicyclic) bond motifs is 35. The fourth-order valence-electron chi connectivity index (χ4n) is 25.9. The van der Waals surface area contributed by atoms with Gasteiger partial charge in [-0.15, -0.1) is 0 Å². The summed E-state index contributed by atoms with van der Waals surface area (Å²) in [6, 6.07) is 200. The highest BCUT2D eigenvalue weighted by Gasteiger charge is 2.61. The normalized spacial score (nSPS) is 13.9. The van der Waals surface area contributed by atoms with Gasteiger partial charge in [0, 0.05) is 33.5 Å². The third kappa shape index (κ3) is 11.2. The third-order valence-electron chi connectivity index (χ3n) is 31.3. The van der Waals surface area contributed by atoms with Crippen LogP contribution in [0.4, 0.5) is 17.1 Å². The van der Waals surface area contributed by atoms with E-state index >= 15 is 0 Å². The molecule has 6 aliphatic carbocycles. The molecule has 6 aliphatic rings. The number of hydrogen-bond acceptors (Lipinski definition) is 1. The quantitative estimate of drug-likeness (QED) is 0.132. The number of rotatable bonds is 10. The number of hydrogen-bond donors (Lipinski definition) is 0. The van der Waals surface area contributed by atoms with Gasteiger partial charge in [0.2, 0.25) is 0 Å². The fourth-order valence-corrected chi connectivity index (χ4v) is 25.9. The Kier molecular flexibility index (Phi) is 17.8. The largest absolute Gasteiger partial charge is 0.311 e. The second-order valence-corrected chi connectivity index (χ2v) is 37.7. The van der Waals surface area contributed by atoms with Crippen molar-refractivity contribution >= 4 is 38.9 Å². The first-order valence-corrected chi connectivity index (χ1v) is 48.3. The molecule has 0 radical (unpaired) electrons. The number of anilines is 3. The average molecular weight is 1750 g/mol. The van der Waals surface area contributed by atoms with Crippen molar-refractivity contribution in [2.45, 2.75) is 21.7 Å². The molecule has 642 valence electrons. The summed E-state index contributed by atoms with van der Waals surface area (Å²) in [6.07, 6.45) is 0. The Hall–Kier alpha value is -17.6. The Morgan fingerprint density at radius 2 is 0.355 bits per heavy atom. The Balaban J connectivity index is 0.000000136. The molecule has 29 rings (SSSR count). The predicted octanol–water partition coefficient (Wildman–Crippen LogP) is 34.0. The summed E-state index contributed by atoms with van der Waals surface area (Å²) in [5.41, 5.74) is 51.4. The van der Waals surface area contributed by atoms with Crippen LogP contribution in [0.3, 0.4) is 0 Å². The topological polar surface area (TPSA) is 8.17 Å². The second-order valence-electron chi connectivity index (χ2n) is 37.7. The van der Waals surface area contributed by atoms with Crippen LogP contribution in [0.1, 0.15) is 89.0 Å². The van der Waals surface area contributed by atoms with Crippen LogP contribution in [0.2, 0.25) is 0 Å². The fraction of sp³-hybridized carbons (Fsp3) is 0.0294. The van der Waals surface area contributed by atoms with Gasteiger partial charge in [0.25, 0.3) is 0 Å². The zero-order valence-electron chi connectivity index (χ0n) is 75.7. The molecule has 22 aromatic carbocycles. The zero-order valence-corrected chi connectivity index (χ0v) is 75.7. The molecular formula is C136H88N2. The number of nitrogens with zero attached hydrogens (tertiary/aromatic N) is 2. The van der Waals surface area contributed by atoms with Crippen LogP contribution in [0.5, 0.6) is 0 Å². The molecule has 0 aliphatic heterocycles. The highest BCUT2D eigenvalue weighted by Crippen LogP contribution is 2.71. The molecule has 138 heavy (non-hydrogen) atoms. The monoisotopic (exact) mass is 1750 g/mol. The maximum atomic E-state index is 2.47. The Morgan fingerprint density at radius 1 is 0.138 bits per heavy atom. The van der Waals surface area contributed by atoms with Gasteiger partial charge in [-0.3, -0.25) is 0 Å². The first-order valence-electron chi connectivity index (χ1n) is 48.3.